The largest absolute Gasteiger partial charge is 0.496 e. The first-order valence-corrected chi connectivity index (χ1v) is 10.7. The van der Waals surface area contributed by atoms with Gasteiger partial charge in [0, 0.05) is 44.8 Å². The van der Waals surface area contributed by atoms with E-state index in [0.29, 0.717) is 5.56 Å². The van der Waals surface area contributed by atoms with Crippen molar-refractivity contribution in [3.8, 4) is 22.3 Å². The van der Waals surface area contributed by atoms with Crippen LogP contribution in [0.25, 0.3) is 31.6 Å². The van der Waals surface area contributed by atoms with Crippen LogP contribution in [0.4, 0.5) is 11.4 Å². The second-order valence-corrected chi connectivity index (χ2v) is 8.52. The molecule has 0 unspecified atom stereocenters. The molecule has 0 bridgehead atoms. The number of aromatic nitrogens is 2. The van der Waals surface area contributed by atoms with Crippen LogP contribution >= 0.6 is 11.3 Å². The molecular formula is C25H20N4OS. The minimum absolute atomic E-state index is 0.515. The van der Waals surface area contributed by atoms with E-state index in [1.54, 1.807) is 24.6 Å². The Labute approximate surface area is 183 Å². The first-order chi connectivity index (χ1) is 15.1. The Kier molecular flexibility index (Phi) is 4.61. The van der Waals surface area contributed by atoms with E-state index < -0.39 is 0 Å². The highest BCUT2D eigenvalue weighted by molar-refractivity contribution is 7.22. The van der Waals surface area contributed by atoms with Crippen molar-refractivity contribution in [1.82, 2.24) is 9.97 Å². The van der Waals surface area contributed by atoms with Crippen molar-refractivity contribution in [2.75, 3.05) is 12.4 Å². The van der Waals surface area contributed by atoms with Gasteiger partial charge in [-0.15, -0.1) is 11.3 Å². The molecule has 2 N–H and O–H groups in total. The molecule has 0 saturated heterocycles. The summed E-state index contributed by atoms with van der Waals surface area (Å²) >= 11 is 1.60. The summed E-state index contributed by atoms with van der Waals surface area (Å²) < 4.78 is 5.59. The van der Waals surface area contributed by atoms with Crippen LogP contribution in [-0.2, 0) is 0 Å². The highest BCUT2D eigenvalue weighted by atomic mass is 32.1. The lowest BCUT2D eigenvalue weighted by molar-refractivity contribution is 0.416. The van der Waals surface area contributed by atoms with Crippen molar-refractivity contribution in [1.29, 1.82) is 5.26 Å². The number of ether oxygens (including phenoxy) is 1. The number of methoxy groups -OCH3 is 1. The monoisotopic (exact) mass is 424 g/mol. The van der Waals surface area contributed by atoms with Crippen LogP contribution in [0.1, 0.15) is 16.7 Å². The minimum Gasteiger partial charge on any atom is -0.496 e. The number of H-pyrrole nitrogens is 1. The molecule has 0 amide bonds. The van der Waals surface area contributed by atoms with Gasteiger partial charge in [-0.25, -0.2) is 4.98 Å². The van der Waals surface area contributed by atoms with Gasteiger partial charge in [-0.05, 0) is 55.8 Å². The lowest BCUT2D eigenvalue weighted by atomic mass is 10.1. The van der Waals surface area contributed by atoms with Crippen molar-refractivity contribution in [2.24, 2.45) is 0 Å². The van der Waals surface area contributed by atoms with Gasteiger partial charge in [-0.1, -0.05) is 11.6 Å². The molecule has 0 atom stereocenters. The maximum atomic E-state index is 9.75. The van der Waals surface area contributed by atoms with E-state index >= 15 is 0 Å². The summed E-state index contributed by atoms with van der Waals surface area (Å²) in [5.41, 5.74) is 6.67. The number of hydrogen-bond acceptors (Lipinski definition) is 5. The molecule has 5 aromatic rings. The quantitative estimate of drug-likeness (QED) is 0.337. The van der Waals surface area contributed by atoms with E-state index in [9.17, 15) is 5.26 Å². The summed E-state index contributed by atoms with van der Waals surface area (Å²) in [6.07, 6.45) is 3.58. The van der Waals surface area contributed by atoms with E-state index in [1.807, 2.05) is 30.5 Å². The van der Waals surface area contributed by atoms with Gasteiger partial charge in [-0.2, -0.15) is 5.26 Å². The summed E-state index contributed by atoms with van der Waals surface area (Å²) in [6, 6.07) is 16.7. The number of rotatable bonds is 4. The molecule has 0 fully saturated rings. The summed E-state index contributed by atoms with van der Waals surface area (Å²) in [5, 5.41) is 15.4. The van der Waals surface area contributed by atoms with Gasteiger partial charge in [0.2, 0.25) is 0 Å². The smallest absolute Gasteiger partial charge is 0.127 e. The average molecular weight is 425 g/mol. The number of nitrogens with zero attached hydrogens (tertiary/aromatic N) is 2. The third kappa shape index (κ3) is 3.20. The molecule has 0 radical (unpaired) electrons. The van der Waals surface area contributed by atoms with Crippen LogP contribution in [-0.4, -0.2) is 17.1 Å². The van der Waals surface area contributed by atoms with Gasteiger partial charge in [0.1, 0.15) is 16.6 Å². The Morgan fingerprint density at radius 2 is 1.97 bits per heavy atom. The molecule has 31 heavy (non-hydrogen) atoms. The first kappa shape index (κ1) is 19.2. The normalized spacial score (nSPS) is 11.0. The number of nitriles is 1. The Morgan fingerprint density at radius 3 is 2.77 bits per heavy atom. The third-order valence-electron chi connectivity index (χ3n) is 5.57. The fraction of sp³-hybridized carbons (Fsp3) is 0.120. The summed E-state index contributed by atoms with van der Waals surface area (Å²) in [6.45, 7) is 4.15. The van der Waals surface area contributed by atoms with Crippen molar-refractivity contribution in [2.45, 2.75) is 13.8 Å². The Morgan fingerprint density at radius 1 is 1.10 bits per heavy atom. The summed E-state index contributed by atoms with van der Waals surface area (Å²) in [5.74, 6) is 0.820. The van der Waals surface area contributed by atoms with Crippen LogP contribution in [0.2, 0.25) is 0 Å². The molecule has 5 rings (SSSR count). The molecule has 0 saturated carbocycles. The van der Waals surface area contributed by atoms with Gasteiger partial charge in [-0.3, -0.25) is 0 Å². The Bertz CT molecular complexity index is 1490. The fourth-order valence-corrected chi connectivity index (χ4v) is 4.94. The summed E-state index contributed by atoms with van der Waals surface area (Å²) in [7, 11) is 1.68. The molecule has 0 aliphatic rings. The molecule has 2 aromatic carbocycles. The van der Waals surface area contributed by atoms with Gasteiger partial charge in [0.05, 0.1) is 18.4 Å². The lowest BCUT2D eigenvalue weighted by Crippen LogP contribution is -1.97. The molecule has 3 heterocycles. The zero-order chi connectivity index (χ0) is 21.5. The SMILES string of the molecule is COc1ccc(C)cc1-c1cc2c(Nc3ccc4[nH]ccc4c3C)c(C#N)cnc2s1. The molecule has 6 heteroatoms. The van der Waals surface area contributed by atoms with Crippen LogP contribution in [0, 0.1) is 25.2 Å². The predicted molar refractivity (Wildman–Crippen MR) is 127 cm³/mol. The van der Waals surface area contributed by atoms with E-state index in [-0.39, 0.29) is 0 Å². The number of aromatic amines is 1. The van der Waals surface area contributed by atoms with Gasteiger partial charge < -0.3 is 15.0 Å². The predicted octanol–water partition coefficient (Wildman–Crippen LogP) is 6.69. The van der Waals surface area contributed by atoms with Crippen LogP contribution in [0.15, 0.2) is 54.9 Å². The number of pyridine rings is 1. The fourth-order valence-electron chi connectivity index (χ4n) is 3.91. The molecule has 5 nitrogen and oxygen atoms in total. The van der Waals surface area contributed by atoms with Crippen LogP contribution in [0.5, 0.6) is 5.75 Å². The highest BCUT2D eigenvalue weighted by Crippen LogP contribution is 2.42. The standard InChI is InChI=1S/C25H20N4OS/c1-14-4-7-22(30-3)18(10-14)23-11-19-24(16(12-26)13-28-25(19)31-23)29-20-5-6-21-17(15(20)2)8-9-27-21/h4-11,13,27H,1-3H3,(H,28,29). The van der Waals surface area contributed by atoms with Crippen molar-refractivity contribution in [3.63, 3.8) is 0 Å². The second-order valence-electron chi connectivity index (χ2n) is 7.49. The number of hydrogen-bond donors (Lipinski definition) is 2. The number of thiophene rings is 1. The van der Waals surface area contributed by atoms with Gasteiger partial charge >= 0.3 is 0 Å². The van der Waals surface area contributed by atoms with Crippen molar-refractivity contribution >= 4 is 43.8 Å². The third-order valence-corrected chi connectivity index (χ3v) is 6.64. The molecule has 0 aliphatic carbocycles. The number of aryl methyl sites for hydroxylation is 2. The molecule has 152 valence electrons. The van der Waals surface area contributed by atoms with E-state index in [0.717, 1.165) is 59.8 Å². The van der Waals surface area contributed by atoms with Crippen LogP contribution in [0.3, 0.4) is 0 Å². The molecule has 3 aromatic heterocycles. The molecular weight excluding hydrogens is 404 g/mol. The number of fused-ring (bicyclic) bond motifs is 2. The van der Waals surface area contributed by atoms with E-state index in [2.05, 4.69) is 53.4 Å². The summed E-state index contributed by atoms with van der Waals surface area (Å²) in [4.78, 5) is 9.72. The van der Waals surface area contributed by atoms with E-state index in [1.165, 1.54) is 0 Å². The van der Waals surface area contributed by atoms with Crippen molar-refractivity contribution < 1.29 is 4.74 Å². The number of anilines is 2. The zero-order valence-corrected chi connectivity index (χ0v) is 18.2. The molecule has 0 spiro atoms. The van der Waals surface area contributed by atoms with Gasteiger partial charge in [0.25, 0.3) is 0 Å². The Balaban J connectivity index is 1.68. The Hall–Kier alpha value is -3.82. The zero-order valence-electron chi connectivity index (χ0n) is 17.4. The number of benzene rings is 2. The van der Waals surface area contributed by atoms with Crippen LogP contribution < -0.4 is 10.1 Å². The topological polar surface area (TPSA) is 73.7 Å². The van der Waals surface area contributed by atoms with Gasteiger partial charge in [0.15, 0.2) is 0 Å². The highest BCUT2D eigenvalue weighted by Gasteiger charge is 2.17. The second kappa shape index (κ2) is 7.46. The maximum Gasteiger partial charge on any atom is 0.127 e. The minimum atomic E-state index is 0.515. The lowest BCUT2D eigenvalue weighted by Gasteiger charge is -2.13. The number of nitrogens with one attached hydrogen (secondary N) is 2. The average Bonchev–Trinajstić information content (AvgIpc) is 3.43. The first-order valence-electron chi connectivity index (χ1n) is 9.90. The van der Waals surface area contributed by atoms with E-state index in [4.69, 9.17) is 4.74 Å². The maximum absolute atomic E-state index is 9.75. The molecule has 0 aliphatic heterocycles. The van der Waals surface area contributed by atoms with Crippen molar-refractivity contribution in [3.05, 3.63) is 71.5 Å².